The molecular weight excluding hydrogens is 405 g/mol. The van der Waals surface area contributed by atoms with Crippen LogP contribution in [-0.2, 0) is 16.1 Å². The second-order valence-corrected chi connectivity index (χ2v) is 8.91. The fourth-order valence-corrected chi connectivity index (χ4v) is 4.92. The molecule has 168 valence electrons. The van der Waals surface area contributed by atoms with E-state index in [0.29, 0.717) is 19.4 Å². The number of hydrogen-bond donors (Lipinski definition) is 1. The van der Waals surface area contributed by atoms with Crippen LogP contribution in [0.3, 0.4) is 0 Å². The van der Waals surface area contributed by atoms with Crippen LogP contribution in [0.5, 0.6) is 0 Å². The number of aromatic nitrogens is 1. The van der Waals surface area contributed by atoms with Crippen molar-refractivity contribution >= 4 is 5.97 Å². The lowest BCUT2D eigenvalue weighted by atomic mass is 9.96. The van der Waals surface area contributed by atoms with Gasteiger partial charge in [0.1, 0.15) is 11.9 Å². The number of rotatable bonds is 6. The molecule has 32 heavy (non-hydrogen) atoms. The molecule has 2 heterocycles. The van der Waals surface area contributed by atoms with Gasteiger partial charge in [-0.2, -0.15) is 0 Å². The maximum atomic E-state index is 13.7. The molecule has 0 saturated carbocycles. The number of ether oxygens (including phenoxy) is 1. The van der Waals surface area contributed by atoms with Crippen molar-refractivity contribution in [2.24, 2.45) is 0 Å². The van der Waals surface area contributed by atoms with Crippen LogP contribution in [0.2, 0.25) is 0 Å². The summed E-state index contributed by atoms with van der Waals surface area (Å²) in [6.45, 7) is 7.13. The van der Waals surface area contributed by atoms with Gasteiger partial charge >= 0.3 is 5.97 Å². The molecule has 0 radical (unpaired) electrons. The molecule has 0 bridgehead atoms. The van der Waals surface area contributed by atoms with Crippen molar-refractivity contribution in [1.82, 2.24) is 4.57 Å². The Balaban J connectivity index is 1.83. The topological polar surface area (TPSA) is 51.5 Å². The third-order valence-corrected chi connectivity index (χ3v) is 6.19. The Kier molecular flexibility index (Phi) is 6.47. The molecule has 4 rings (SSSR count). The minimum Gasteiger partial charge on any atom is -0.462 e. The molecule has 1 aliphatic rings. The Hall–Kier alpha value is -2.92. The summed E-state index contributed by atoms with van der Waals surface area (Å²) in [6.07, 6.45) is 0.179. The maximum absolute atomic E-state index is 13.7. The zero-order valence-electron chi connectivity index (χ0n) is 18.8. The molecule has 0 amide bonds. The van der Waals surface area contributed by atoms with E-state index in [1.807, 2.05) is 30.3 Å². The van der Waals surface area contributed by atoms with E-state index in [2.05, 4.69) is 37.5 Å². The number of benzene rings is 2. The average molecular weight is 436 g/mol. The monoisotopic (exact) mass is 435 g/mol. The predicted molar refractivity (Wildman–Crippen MR) is 124 cm³/mol. The van der Waals surface area contributed by atoms with Crippen LogP contribution in [-0.4, -0.2) is 27.9 Å². The van der Waals surface area contributed by atoms with E-state index < -0.39 is 6.10 Å². The quantitative estimate of drug-likeness (QED) is 0.494. The van der Waals surface area contributed by atoms with Gasteiger partial charge in [-0.15, -0.1) is 0 Å². The number of hydrogen-bond acceptors (Lipinski definition) is 3. The predicted octanol–water partition coefficient (Wildman–Crippen LogP) is 5.85. The highest BCUT2D eigenvalue weighted by Gasteiger charge is 2.29. The Morgan fingerprint density at radius 3 is 2.41 bits per heavy atom. The van der Waals surface area contributed by atoms with E-state index >= 15 is 0 Å². The lowest BCUT2D eigenvalue weighted by Gasteiger charge is -2.27. The molecule has 0 spiro atoms. The molecule has 1 N–H and O–H groups in total. The molecule has 4 nitrogen and oxygen atoms in total. The van der Waals surface area contributed by atoms with Crippen LogP contribution >= 0.6 is 0 Å². The second-order valence-electron chi connectivity index (χ2n) is 8.91. The molecule has 2 aromatic carbocycles. The summed E-state index contributed by atoms with van der Waals surface area (Å²) in [4.78, 5) is 11.8. The van der Waals surface area contributed by atoms with E-state index in [-0.39, 0.29) is 30.2 Å². The van der Waals surface area contributed by atoms with Crippen LogP contribution in [0, 0.1) is 12.7 Å². The van der Waals surface area contributed by atoms with Gasteiger partial charge in [-0.3, -0.25) is 4.79 Å². The van der Waals surface area contributed by atoms with Gasteiger partial charge in [0.25, 0.3) is 0 Å². The van der Waals surface area contributed by atoms with Crippen LogP contribution in [0.1, 0.15) is 50.3 Å². The van der Waals surface area contributed by atoms with Crippen LogP contribution in [0.4, 0.5) is 4.39 Å². The normalized spacial score (nSPS) is 18.8. The van der Waals surface area contributed by atoms with Gasteiger partial charge in [-0.05, 0) is 53.8 Å². The zero-order valence-corrected chi connectivity index (χ0v) is 18.8. The van der Waals surface area contributed by atoms with Crippen molar-refractivity contribution in [3.63, 3.8) is 0 Å². The lowest BCUT2D eigenvalue weighted by Crippen LogP contribution is -2.33. The van der Waals surface area contributed by atoms with E-state index in [9.17, 15) is 14.3 Å². The Morgan fingerprint density at radius 2 is 1.78 bits per heavy atom. The number of aliphatic hydroxyl groups is 1. The maximum Gasteiger partial charge on any atom is 0.308 e. The lowest BCUT2D eigenvalue weighted by molar-refractivity contribution is -0.160. The van der Waals surface area contributed by atoms with Gasteiger partial charge in [0.15, 0.2) is 0 Å². The summed E-state index contributed by atoms with van der Waals surface area (Å²) < 4.78 is 21.5. The van der Waals surface area contributed by atoms with Crippen LogP contribution in [0.15, 0.2) is 54.6 Å². The average Bonchev–Trinajstić information content (AvgIpc) is 3.05. The van der Waals surface area contributed by atoms with Crippen molar-refractivity contribution in [1.29, 1.82) is 0 Å². The second kappa shape index (κ2) is 9.29. The molecule has 2 atom stereocenters. The fraction of sp³-hybridized carbons (Fsp3) is 0.370. The summed E-state index contributed by atoms with van der Waals surface area (Å²) in [6, 6.07) is 16.9. The van der Waals surface area contributed by atoms with Crippen molar-refractivity contribution in [2.45, 2.75) is 64.7 Å². The highest BCUT2D eigenvalue weighted by Crippen LogP contribution is 2.41. The van der Waals surface area contributed by atoms with Crippen molar-refractivity contribution in [3.05, 3.63) is 71.7 Å². The first-order valence-corrected chi connectivity index (χ1v) is 11.3. The molecule has 1 aromatic heterocycles. The highest BCUT2D eigenvalue weighted by molar-refractivity contribution is 5.85. The molecule has 5 heteroatoms. The molecular formula is C27H30FNO3. The molecule has 1 saturated heterocycles. The van der Waals surface area contributed by atoms with Crippen LogP contribution in [0.25, 0.3) is 22.4 Å². The smallest absolute Gasteiger partial charge is 0.308 e. The molecule has 3 aromatic rings. The molecule has 1 fully saturated rings. The largest absolute Gasteiger partial charge is 0.462 e. The minimum absolute atomic E-state index is 0.0648. The number of esters is 1. The SMILES string of the molecule is Cc1c(-c2ccccc2)c(-c2ccc(F)cc2)n(CC[C@@H]2C[C@@H](O)CC(=O)O2)c1C(C)C. The first-order chi connectivity index (χ1) is 15.3. The third kappa shape index (κ3) is 4.49. The van der Waals surface area contributed by atoms with Gasteiger partial charge in [-0.25, -0.2) is 4.39 Å². The summed E-state index contributed by atoms with van der Waals surface area (Å²) in [5.41, 5.74) is 6.66. The number of carbonyl (C=O) groups excluding carboxylic acids is 1. The Morgan fingerprint density at radius 1 is 1.09 bits per heavy atom. The highest BCUT2D eigenvalue weighted by atomic mass is 19.1. The summed E-state index contributed by atoms with van der Waals surface area (Å²) in [5, 5.41) is 10.0. The van der Waals surface area contributed by atoms with Gasteiger partial charge in [0.2, 0.25) is 0 Å². The van der Waals surface area contributed by atoms with Crippen molar-refractivity contribution < 1.29 is 19.0 Å². The first-order valence-electron chi connectivity index (χ1n) is 11.3. The van der Waals surface area contributed by atoms with Gasteiger partial charge < -0.3 is 14.4 Å². The Labute approximate surface area is 188 Å². The molecule has 0 aliphatic carbocycles. The third-order valence-electron chi connectivity index (χ3n) is 6.19. The van der Waals surface area contributed by atoms with E-state index in [1.165, 1.54) is 23.4 Å². The van der Waals surface area contributed by atoms with Gasteiger partial charge in [0.05, 0.1) is 18.2 Å². The number of cyclic esters (lactones) is 1. The number of nitrogens with zero attached hydrogens (tertiary/aromatic N) is 1. The van der Waals surface area contributed by atoms with Crippen LogP contribution < -0.4 is 0 Å². The molecule has 1 aliphatic heterocycles. The summed E-state index contributed by atoms with van der Waals surface area (Å²) in [5.74, 6) is -0.339. The molecule has 0 unspecified atom stereocenters. The minimum atomic E-state index is -0.645. The number of halogens is 1. The van der Waals surface area contributed by atoms with Crippen molar-refractivity contribution in [2.75, 3.05) is 0 Å². The van der Waals surface area contributed by atoms with E-state index in [0.717, 1.165) is 22.4 Å². The van der Waals surface area contributed by atoms with Crippen molar-refractivity contribution in [3.8, 4) is 22.4 Å². The van der Waals surface area contributed by atoms with Gasteiger partial charge in [0, 0.05) is 30.6 Å². The van der Waals surface area contributed by atoms with E-state index in [4.69, 9.17) is 4.74 Å². The zero-order chi connectivity index (χ0) is 22.8. The first kappa shape index (κ1) is 22.3. The fourth-order valence-electron chi connectivity index (χ4n) is 4.92. The standard InChI is InChI=1S/C27H30FNO3/c1-17(2)26-18(3)25(19-7-5-4-6-8-19)27(20-9-11-21(28)12-10-20)29(26)14-13-23-15-22(30)16-24(31)32-23/h4-12,17,22-23,30H,13-16H2,1-3H3/t22-,23-/m1/s1. The Bertz CT molecular complexity index is 1090. The number of carbonyl (C=O) groups is 1. The number of aliphatic hydroxyl groups excluding tert-OH is 1. The van der Waals surface area contributed by atoms with Gasteiger partial charge in [-0.1, -0.05) is 44.2 Å². The summed E-state index contributed by atoms with van der Waals surface area (Å²) >= 11 is 0. The van der Waals surface area contributed by atoms with E-state index in [1.54, 1.807) is 0 Å². The summed E-state index contributed by atoms with van der Waals surface area (Å²) in [7, 11) is 0.